The summed E-state index contributed by atoms with van der Waals surface area (Å²) < 4.78 is 0. The number of anilines is 2. The van der Waals surface area contributed by atoms with Gasteiger partial charge in [0.2, 0.25) is 0 Å². The van der Waals surface area contributed by atoms with Crippen LogP contribution in [0.25, 0.3) is 0 Å². The summed E-state index contributed by atoms with van der Waals surface area (Å²) in [4.78, 5) is 21.5. The molecule has 6 nitrogen and oxygen atoms in total. The number of halogens is 1. The summed E-state index contributed by atoms with van der Waals surface area (Å²) in [6.45, 7) is 1.76. The van der Waals surface area contributed by atoms with Gasteiger partial charge in [0.15, 0.2) is 0 Å². The number of rotatable bonds is 4. The standard InChI is InChI=1S/C14H11ClN2O4/c1-8-10(15)3-2-4-11(8)16-12-7-9(14(18)19)5-6-13(12)17(20)21/h2-7,16H,1H3,(H,18,19). The van der Waals surface area contributed by atoms with E-state index in [1.54, 1.807) is 25.1 Å². The zero-order valence-corrected chi connectivity index (χ0v) is 11.7. The third kappa shape index (κ3) is 3.11. The Labute approximate surface area is 125 Å². The van der Waals surface area contributed by atoms with Crippen LogP contribution in [0, 0.1) is 17.0 Å². The number of carbonyl (C=O) groups is 1. The Bertz CT molecular complexity index is 731. The fraction of sp³-hybridized carbons (Fsp3) is 0.0714. The molecule has 0 saturated carbocycles. The molecule has 0 atom stereocenters. The second kappa shape index (κ2) is 5.80. The SMILES string of the molecule is Cc1c(Cl)cccc1Nc1cc(C(=O)O)ccc1[N+](=O)[O-]. The topological polar surface area (TPSA) is 92.5 Å². The third-order valence-corrected chi connectivity index (χ3v) is 3.39. The molecule has 0 unspecified atom stereocenters. The highest BCUT2D eigenvalue weighted by atomic mass is 35.5. The molecular weight excluding hydrogens is 296 g/mol. The number of nitrogens with zero attached hydrogens (tertiary/aromatic N) is 1. The monoisotopic (exact) mass is 306 g/mol. The maximum absolute atomic E-state index is 11.0. The van der Waals surface area contributed by atoms with Crippen LogP contribution in [-0.2, 0) is 0 Å². The minimum atomic E-state index is -1.16. The van der Waals surface area contributed by atoms with Crippen molar-refractivity contribution in [3.8, 4) is 0 Å². The normalized spacial score (nSPS) is 10.2. The first-order valence-corrected chi connectivity index (χ1v) is 6.32. The molecule has 0 spiro atoms. The smallest absolute Gasteiger partial charge is 0.335 e. The van der Waals surface area contributed by atoms with E-state index in [9.17, 15) is 14.9 Å². The predicted molar refractivity (Wildman–Crippen MR) is 79.5 cm³/mol. The van der Waals surface area contributed by atoms with Crippen molar-refractivity contribution >= 4 is 34.6 Å². The fourth-order valence-corrected chi connectivity index (χ4v) is 1.99. The van der Waals surface area contributed by atoms with Crippen molar-refractivity contribution in [2.45, 2.75) is 6.92 Å². The van der Waals surface area contributed by atoms with E-state index in [0.717, 1.165) is 6.07 Å². The molecule has 2 aromatic rings. The molecule has 0 radical (unpaired) electrons. The predicted octanol–water partition coefficient (Wildman–Crippen LogP) is 4.00. The van der Waals surface area contributed by atoms with E-state index >= 15 is 0 Å². The van der Waals surface area contributed by atoms with Crippen molar-refractivity contribution in [2.24, 2.45) is 0 Å². The lowest BCUT2D eigenvalue weighted by Crippen LogP contribution is -2.02. The Balaban J connectivity index is 2.51. The summed E-state index contributed by atoms with van der Waals surface area (Å²) in [7, 11) is 0. The Morgan fingerprint density at radius 3 is 2.62 bits per heavy atom. The van der Waals surface area contributed by atoms with E-state index in [0.29, 0.717) is 16.3 Å². The molecule has 21 heavy (non-hydrogen) atoms. The van der Waals surface area contributed by atoms with Crippen LogP contribution >= 0.6 is 11.6 Å². The molecule has 2 rings (SSSR count). The van der Waals surface area contributed by atoms with E-state index in [-0.39, 0.29) is 16.9 Å². The first kappa shape index (κ1) is 14.8. The summed E-state index contributed by atoms with van der Waals surface area (Å²) in [5.74, 6) is -1.16. The number of benzene rings is 2. The molecule has 0 aliphatic carbocycles. The maximum atomic E-state index is 11.0. The first-order valence-electron chi connectivity index (χ1n) is 5.94. The minimum Gasteiger partial charge on any atom is -0.478 e. The number of carboxylic acid groups (broad SMARTS) is 1. The number of nitro groups is 1. The first-order chi connectivity index (χ1) is 9.90. The van der Waals surface area contributed by atoms with Gasteiger partial charge in [0.1, 0.15) is 5.69 Å². The van der Waals surface area contributed by atoms with Gasteiger partial charge >= 0.3 is 5.97 Å². The van der Waals surface area contributed by atoms with Gasteiger partial charge in [-0.05, 0) is 36.8 Å². The van der Waals surface area contributed by atoms with E-state index in [2.05, 4.69) is 5.32 Å². The van der Waals surface area contributed by atoms with Gasteiger partial charge in [-0.3, -0.25) is 10.1 Å². The fourth-order valence-electron chi connectivity index (χ4n) is 1.82. The largest absolute Gasteiger partial charge is 0.478 e. The lowest BCUT2D eigenvalue weighted by atomic mass is 10.1. The number of hydrogen-bond donors (Lipinski definition) is 2. The highest BCUT2D eigenvalue weighted by Gasteiger charge is 2.17. The molecule has 0 saturated heterocycles. The zero-order chi connectivity index (χ0) is 15.6. The van der Waals surface area contributed by atoms with Crippen molar-refractivity contribution in [3.63, 3.8) is 0 Å². The van der Waals surface area contributed by atoms with Gasteiger partial charge in [0.05, 0.1) is 10.5 Å². The molecule has 0 bridgehead atoms. The lowest BCUT2D eigenvalue weighted by Gasteiger charge is -2.11. The summed E-state index contributed by atoms with van der Waals surface area (Å²) in [6.07, 6.45) is 0. The quantitative estimate of drug-likeness (QED) is 0.658. The van der Waals surface area contributed by atoms with Crippen LogP contribution in [0.3, 0.4) is 0 Å². The van der Waals surface area contributed by atoms with Crippen molar-refractivity contribution < 1.29 is 14.8 Å². The van der Waals surface area contributed by atoms with Gasteiger partial charge in [0, 0.05) is 16.8 Å². The van der Waals surface area contributed by atoms with Crippen molar-refractivity contribution in [3.05, 3.63) is 62.7 Å². The van der Waals surface area contributed by atoms with Gasteiger partial charge in [0.25, 0.3) is 5.69 Å². The van der Waals surface area contributed by atoms with Crippen LogP contribution < -0.4 is 5.32 Å². The average molecular weight is 307 g/mol. The van der Waals surface area contributed by atoms with E-state index in [1.165, 1.54) is 12.1 Å². The number of hydrogen-bond acceptors (Lipinski definition) is 4. The van der Waals surface area contributed by atoms with E-state index < -0.39 is 10.9 Å². The summed E-state index contributed by atoms with van der Waals surface area (Å²) >= 11 is 6.00. The molecule has 108 valence electrons. The van der Waals surface area contributed by atoms with Crippen LogP contribution in [-0.4, -0.2) is 16.0 Å². The molecule has 7 heteroatoms. The molecular formula is C14H11ClN2O4. The lowest BCUT2D eigenvalue weighted by molar-refractivity contribution is -0.383. The summed E-state index contributed by atoms with van der Waals surface area (Å²) in [6, 6.07) is 8.68. The van der Waals surface area contributed by atoms with Gasteiger partial charge in [-0.2, -0.15) is 0 Å². The van der Waals surface area contributed by atoms with Gasteiger partial charge in [-0.25, -0.2) is 4.79 Å². The average Bonchev–Trinajstić information content (AvgIpc) is 2.43. The second-order valence-electron chi connectivity index (χ2n) is 4.33. The summed E-state index contributed by atoms with van der Waals surface area (Å²) in [5.41, 5.74) is 1.15. The number of nitro benzene ring substituents is 1. The Hall–Kier alpha value is -2.60. The van der Waals surface area contributed by atoms with Gasteiger partial charge in [-0.1, -0.05) is 17.7 Å². The van der Waals surface area contributed by atoms with Crippen molar-refractivity contribution in [1.82, 2.24) is 0 Å². The Kier molecular flexibility index (Phi) is 4.09. The van der Waals surface area contributed by atoms with E-state index in [1.807, 2.05) is 0 Å². The highest BCUT2D eigenvalue weighted by molar-refractivity contribution is 6.31. The Morgan fingerprint density at radius 2 is 2.00 bits per heavy atom. The second-order valence-corrected chi connectivity index (χ2v) is 4.74. The number of aromatic carboxylic acids is 1. The van der Waals surface area contributed by atoms with Crippen LogP contribution in [0.5, 0.6) is 0 Å². The molecule has 0 aromatic heterocycles. The molecule has 0 aliphatic rings. The van der Waals surface area contributed by atoms with Crippen LogP contribution in [0.4, 0.5) is 17.1 Å². The molecule has 0 fully saturated rings. The highest BCUT2D eigenvalue weighted by Crippen LogP contribution is 2.31. The third-order valence-electron chi connectivity index (χ3n) is 2.98. The Morgan fingerprint density at radius 1 is 1.29 bits per heavy atom. The van der Waals surface area contributed by atoms with Gasteiger partial charge in [-0.15, -0.1) is 0 Å². The summed E-state index contributed by atoms with van der Waals surface area (Å²) in [5, 5.41) is 23.4. The minimum absolute atomic E-state index is 0.0391. The van der Waals surface area contributed by atoms with Crippen LogP contribution in [0.15, 0.2) is 36.4 Å². The van der Waals surface area contributed by atoms with Crippen LogP contribution in [0.2, 0.25) is 5.02 Å². The zero-order valence-electron chi connectivity index (χ0n) is 11.0. The molecule has 2 N–H and O–H groups in total. The van der Waals surface area contributed by atoms with Crippen LogP contribution in [0.1, 0.15) is 15.9 Å². The number of nitrogens with one attached hydrogen (secondary N) is 1. The van der Waals surface area contributed by atoms with E-state index in [4.69, 9.17) is 16.7 Å². The molecule has 2 aromatic carbocycles. The van der Waals surface area contributed by atoms with Crippen molar-refractivity contribution in [2.75, 3.05) is 5.32 Å². The number of carboxylic acids is 1. The molecule has 0 aliphatic heterocycles. The molecule has 0 amide bonds. The molecule has 0 heterocycles. The maximum Gasteiger partial charge on any atom is 0.335 e. The van der Waals surface area contributed by atoms with Gasteiger partial charge < -0.3 is 10.4 Å². The van der Waals surface area contributed by atoms with Crippen molar-refractivity contribution in [1.29, 1.82) is 0 Å².